The number of Topliss-reactive ketones (excluding diaryl/α,β-unsaturated/α-hetero) is 1. The standard InChI is InChI=1S/C40H38N4O3/c1-41(2)31-21-13-28(14-22-31)40(29-15-23-32(24-16-29)42(3)4,30-17-25-33(26-18-30)43(5)6)37(45)27-11-19-34(20-12-27)44-38(46)35-9-7-8-10-36(35)39(44)47/h7-26H,1-6H3. The third kappa shape index (κ3) is 5.33. The number of fused-ring (bicyclic) bond motifs is 1. The SMILES string of the molecule is CN(C)c1ccc(C(C(=O)c2ccc(N3C(=O)c4ccccc4C3=O)cc2)(c2ccc(N(C)C)cc2)c2ccc(N(C)C)cc2)cc1. The number of hydrogen-bond donors (Lipinski definition) is 0. The normalized spacial score (nSPS) is 12.6. The summed E-state index contributed by atoms with van der Waals surface area (Å²) in [6, 6.07) is 38.0. The van der Waals surface area contributed by atoms with Crippen LogP contribution in [-0.4, -0.2) is 59.9 Å². The van der Waals surface area contributed by atoms with Crippen molar-refractivity contribution in [3.05, 3.63) is 155 Å². The molecular weight excluding hydrogens is 584 g/mol. The molecule has 1 aliphatic heterocycles. The molecule has 0 spiro atoms. The minimum absolute atomic E-state index is 0.126. The summed E-state index contributed by atoms with van der Waals surface area (Å²) >= 11 is 0. The smallest absolute Gasteiger partial charge is 0.266 e. The van der Waals surface area contributed by atoms with Gasteiger partial charge in [-0.05, 0) is 89.5 Å². The highest BCUT2D eigenvalue weighted by molar-refractivity contribution is 6.34. The van der Waals surface area contributed by atoms with Gasteiger partial charge in [0.15, 0.2) is 5.78 Å². The second-order valence-corrected chi connectivity index (χ2v) is 12.4. The second kappa shape index (κ2) is 12.2. The van der Waals surface area contributed by atoms with Crippen molar-refractivity contribution >= 4 is 40.3 Å². The predicted octanol–water partition coefficient (Wildman–Crippen LogP) is 6.90. The van der Waals surface area contributed by atoms with Crippen LogP contribution < -0.4 is 19.6 Å². The Hall–Kier alpha value is -5.69. The number of amides is 2. The largest absolute Gasteiger partial charge is 0.378 e. The highest BCUT2D eigenvalue weighted by Crippen LogP contribution is 2.44. The van der Waals surface area contributed by atoms with Crippen molar-refractivity contribution in [2.45, 2.75) is 5.41 Å². The van der Waals surface area contributed by atoms with Gasteiger partial charge in [-0.1, -0.05) is 48.5 Å². The van der Waals surface area contributed by atoms with Gasteiger partial charge in [0.1, 0.15) is 5.41 Å². The Morgan fingerprint density at radius 1 is 0.489 bits per heavy atom. The first kappa shape index (κ1) is 31.3. The van der Waals surface area contributed by atoms with Crippen LogP contribution in [0.4, 0.5) is 22.7 Å². The van der Waals surface area contributed by atoms with E-state index in [2.05, 4.69) is 0 Å². The number of carbonyl (C=O) groups excluding carboxylic acids is 3. The molecule has 5 aromatic rings. The lowest BCUT2D eigenvalue weighted by atomic mass is 9.65. The number of nitrogens with zero attached hydrogens (tertiary/aromatic N) is 4. The molecule has 0 aliphatic carbocycles. The Labute approximate surface area is 276 Å². The molecule has 0 atom stereocenters. The van der Waals surface area contributed by atoms with Gasteiger partial charge < -0.3 is 14.7 Å². The number of carbonyl (C=O) groups is 3. The van der Waals surface area contributed by atoms with Gasteiger partial charge in [0.05, 0.1) is 16.8 Å². The summed E-state index contributed by atoms with van der Waals surface area (Å²) in [5.74, 6) is -0.872. The minimum atomic E-state index is -1.21. The molecule has 0 N–H and O–H groups in total. The number of hydrogen-bond acceptors (Lipinski definition) is 6. The topological polar surface area (TPSA) is 64.2 Å². The van der Waals surface area contributed by atoms with Crippen LogP contribution in [0.5, 0.6) is 0 Å². The van der Waals surface area contributed by atoms with E-state index in [1.165, 1.54) is 4.90 Å². The number of rotatable bonds is 9. The molecule has 47 heavy (non-hydrogen) atoms. The molecule has 0 saturated heterocycles. The zero-order valence-corrected chi connectivity index (χ0v) is 27.6. The molecule has 7 nitrogen and oxygen atoms in total. The van der Waals surface area contributed by atoms with Gasteiger partial charge in [0.2, 0.25) is 0 Å². The Bertz CT molecular complexity index is 1780. The number of imide groups is 1. The van der Waals surface area contributed by atoms with E-state index >= 15 is 4.79 Å². The Morgan fingerprint density at radius 2 is 0.830 bits per heavy atom. The van der Waals surface area contributed by atoms with Gasteiger partial charge in [0.25, 0.3) is 11.8 Å². The van der Waals surface area contributed by atoms with E-state index in [0.717, 1.165) is 33.8 Å². The number of anilines is 4. The van der Waals surface area contributed by atoms with Crippen molar-refractivity contribution in [3.8, 4) is 0 Å². The quantitative estimate of drug-likeness (QED) is 0.101. The monoisotopic (exact) mass is 622 g/mol. The Kier molecular flexibility index (Phi) is 8.16. The maximum Gasteiger partial charge on any atom is 0.266 e. The lowest BCUT2D eigenvalue weighted by Gasteiger charge is -2.35. The Morgan fingerprint density at radius 3 is 1.15 bits per heavy atom. The van der Waals surface area contributed by atoms with E-state index in [4.69, 9.17) is 0 Å². The summed E-state index contributed by atoms with van der Waals surface area (Å²) in [6.07, 6.45) is 0. The fourth-order valence-corrected chi connectivity index (χ4v) is 6.32. The molecule has 0 unspecified atom stereocenters. The van der Waals surface area contributed by atoms with Crippen LogP contribution in [-0.2, 0) is 5.41 Å². The van der Waals surface area contributed by atoms with E-state index < -0.39 is 5.41 Å². The summed E-state index contributed by atoms with van der Waals surface area (Å²) < 4.78 is 0. The summed E-state index contributed by atoms with van der Waals surface area (Å²) in [5.41, 5.74) is 5.95. The molecule has 0 saturated carbocycles. The van der Waals surface area contributed by atoms with Crippen LogP contribution in [0.3, 0.4) is 0 Å². The maximum absolute atomic E-state index is 15.3. The first-order valence-electron chi connectivity index (χ1n) is 15.5. The van der Waals surface area contributed by atoms with E-state index in [-0.39, 0.29) is 17.6 Å². The van der Waals surface area contributed by atoms with Gasteiger partial charge in [-0.15, -0.1) is 0 Å². The lowest BCUT2D eigenvalue weighted by molar-refractivity contribution is 0.0920. The second-order valence-electron chi connectivity index (χ2n) is 12.4. The molecule has 5 aromatic carbocycles. The van der Waals surface area contributed by atoms with Gasteiger partial charge in [0, 0.05) is 64.9 Å². The van der Waals surface area contributed by atoms with E-state index in [1.807, 2.05) is 130 Å². The predicted molar refractivity (Wildman–Crippen MR) is 191 cm³/mol. The molecule has 0 radical (unpaired) electrons. The molecule has 1 heterocycles. The van der Waals surface area contributed by atoms with Crippen LogP contribution >= 0.6 is 0 Å². The van der Waals surface area contributed by atoms with Crippen LogP contribution in [0.25, 0.3) is 0 Å². The van der Waals surface area contributed by atoms with Crippen LogP contribution in [0, 0.1) is 0 Å². The van der Waals surface area contributed by atoms with Crippen LogP contribution in [0.2, 0.25) is 0 Å². The van der Waals surface area contributed by atoms with Crippen molar-refractivity contribution in [3.63, 3.8) is 0 Å². The molecule has 236 valence electrons. The molecule has 0 bridgehead atoms. The van der Waals surface area contributed by atoms with Crippen molar-refractivity contribution in [1.29, 1.82) is 0 Å². The third-order valence-electron chi connectivity index (χ3n) is 8.97. The highest BCUT2D eigenvalue weighted by Gasteiger charge is 2.44. The van der Waals surface area contributed by atoms with Crippen molar-refractivity contribution in [2.24, 2.45) is 0 Å². The summed E-state index contributed by atoms with van der Waals surface area (Å²) in [5, 5.41) is 0. The fourth-order valence-electron chi connectivity index (χ4n) is 6.32. The average molecular weight is 623 g/mol. The third-order valence-corrected chi connectivity index (χ3v) is 8.97. The Balaban J connectivity index is 1.53. The molecule has 0 fully saturated rings. The summed E-state index contributed by atoms with van der Waals surface area (Å²) in [4.78, 5) is 48.9. The molecule has 2 amide bonds. The molecule has 6 rings (SSSR count). The van der Waals surface area contributed by atoms with Crippen molar-refractivity contribution in [1.82, 2.24) is 0 Å². The first-order valence-corrected chi connectivity index (χ1v) is 15.5. The number of ketones is 1. The lowest BCUT2D eigenvalue weighted by Crippen LogP contribution is -2.39. The van der Waals surface area contributed by atoms with Gasteiger partial charge in [-0.25, -0.2) is 4.90 Å². The fraction of sp³-hybridized carbons (Fsp3) is 0.175. The zero-order chi connectivity index (χ0) is 33.5. The molecule has 0 aromatic heterocycles. The van der Waals surface area contributed by atoms with Gasteiger partial charge >= 0.3 is 0 Å². The van der Waals surface area contributed by atoms with E-state index in [9.17, 15) is 9.59 Å². The van der Waals surface area contributed by atoms with Gasteiger partial charge in [-0.3, -0.25) is 14.4 Å². The average Bonchev–Trinajstić information content (AvgIpc) is 3.34. The summed E-state index contributed by atoms with van der Waals surface area (Å²) in [7, 11) is 11.9. The highest BCUT2D eigenvalue weighted by atomic mass is 16.2. The molecule has 7 heteroatoms. The van der Waals surface area contributed by atoms with Crippen LogP contribution in [0.1, 0.15) is 47.8 Å². The van der Waals surface area contributed by atoms with E-state index in [1.54, 1.807) is 48.5 Å². The zero-order valence-electron chi connectivity index (χ0n) is 27.6. The maximum atomic E-state index is 15.3. The van der Waals surface area contributed by atoms with E-state index in [0.29, 0.717) is 22.4 Å². The molecule has 1 aliphatic rings. The number of benzene rings is 5. The minimum Gasteiger partial charge on any atom is -0.378 e. The van der Waals surface area contributed by atoms with Gasteiger partial charge in [-0.2, -0.15) is 0 Å². The van der Waals surface area contributed by atoms with Crippen LogP contribution in [0.15, 0.2) is 121 Å². The van der Waals surface area contributed by atoms with Crippen molar-refractivity contribution in [2.75, 3.05) is 61.9 Å². The summed E-state index contributed by atoms with van der Waals surface area (Å²) in [6.45, 7) is 0. The van der Waals surface area contributed by atoms with Crippen molar-refractivity contribution < 1.29 is 14.4 Å². The first-order chi connectivity index (χ1) is 22.5. The molecular formula is C40H38N4O3.